The molecule has 1 N–H and O–H groups in total. The molecule has 0 amide bonds. The van der Waals surface area contributed by atoms with E-state index in [9.17, 15) is 8.42 Å². The van der Waals surface area contributed by atoms with Crippen molar-refractivity contribution in [3.63, 3.8) is 0 Å². The summed E-state index contributed by atoms with van der Waals surface area (Å²) < 4.78 is 53.4. The molecule has 4 heterocycles. The van der Waals surface area contributed by atoms with Crippen LogP contribution in [0.3, 0.4) is 0 Å². The second kappa shape index (κ2) is 10.9. The lowest BCUT2D eigenvalue weighted by atomic mass is 10.2. The number of hydrogen-bond acceptors (Lipinski definition) is 11. The molecular weight excluding hydrogens is 514 g/mol. The normalized spacial score (nSPS) is 16.8. The van der Waals surface area contributed by atoms with E-state index >= 15 is 0 Å². The number of methoxy groups -OCH3 is 2. The SMILES string of the molecule is CCOc1nccc2c1OC[C@@H](COC)n1c(NS(=O)(=O)[C@@H](C)[C@H](OC)c3ncc(Cl)cn3)nnc1-2. The molecule has 4 rings (SSSR count). The maximum Gasteiger partial charge on any atom is 0.257 e. The summed E-state index contributed by atoms with van der Waals surface area (Å²) in [5.74, 6) is 1.26. The average Bonchev–Trinajstić information content (AvgIpc) is 3.18. The van der Waals surface area contributed by atoms with Gasteiger partial charge < -0.3 is 18.9 Å². The van der Waals surface area contributed by atoms with Crippen LogP contribution in [0.1, 0.15) is 31.8 Å². The lowest BCUT2D eigenvalue weighted by Crippen LogP contribution is -2.34. The molecule has 36 heavy (non-hydrogen) atoms. The lowest BCUT2D eigenvalue weighted by molar-refractivity contribution is 0.0950. The molecule has 3 aromatic rings. The van der Waals surface area contributed by atoms with Gasteiger partial charge in [0.15, 0.2) is 17.4 Å². The van der Waals surface area contributed by atoms with Gasteiger partial charge in [0.1, 0.15) is 18.0 Å². The van der Waals surface area contributed by atoms with Gasteiger partial charge in [0.05, 0.1) is 29.8 Å². The Balaban J connectivity index is 1.72. The lowest BCUT2D eigenvalue weighted by Gasteiger charge is -2.23. The summed E-state index contributed by atoms with van der Waals surface area (Å²) in [6.45, 7) is 4.06. The first-order valence-corrected chi connectivity index (χ1v) is 12.9. The van der Waals surface area contributed by atoms with Gasteiger partial charge in [0, 0.05) is 32.8 Å². The monoisotopic (exact) mass is 539 g/mol. The minimum atomic E-state index is -4.06. The Morgan fingerprint density at radius 1 is 1.25 bits per heavy atom. The topological polar surface area (TPSA) is 152 Å². The second-order valence-electron chi connectivity index (χ2n) is 7.83. The van der Waals surface area contributed by atoms with Gasteiger partial charge in [0.2, 0.25) is 16.0 Å². The van der Waals surface area contributed by atoms with E-state index in [-0.39, 0.29) is 25.0 Å². The molecule has 0 spiro atoms. The summed E-state index contributed by atoms with van der Waals surface area (Å²) in [6.07, 6.45) is 3.34. The number of hydrogen-bond donors (Lipinski definition) is 1. The van der Waals surface area contributed by atoms with E-state index < -0.39 is 27.4 Å². The maximum atomic E-state index is 13.4. The summed E-state index contributed by atoms with van der Waals surface area (Å²) >= 11 is 5.86. The van der Waals surface area contributed by atoms with Crippen molar-refractivity contribution in [2.45, 2.75) is 31.2 Å². The Labute approximate surface area is 213 Å². The van der Waals surface area contributed by atoms with Crippen LogP contribution in [0.5, 0.6) is 11.6 Å². The van der Waals surface area contributed by atoms with Crippen LogP contribution in [-0.2, 0) is 19.5 Å². The molecule has 1 aliphatic heterocycles. The molecule has 0 saturated carbocycles. The van der Waals surface area contributed by atoms with Crippen LogP contribution in [0.2, 0.25) is 5.02 Å². The Morgan fingerprint density at radius 2 is 2.00 bits per heavy atom. The first kappa shape index (κ1) is 26.0. The predicted octanol–water partition coefficient (Wildman–Crippen LogP) is 2.28. The molecule has 194 valence electrons. The number of anilines is 1. The molecule has 15 heteroatoms. The number of fused-ring (bicyclic) bond motifs is 3. The molecule has 3 atom stereocenters. The number of ether oxygens (including phenoxy) is 4. The van der Waals surface area contributed by atoms with Crippen LogP contribution in [-0.4, -0.2) is 77.4 Å². The zero-order valence-corrected chi connectivity index (χ0v) is 21.7. The maximum absolute atomic E-state index is 13.4. The highest BCUT2D eigenvalue weighted by Crippen LogP contribution is 2.41. The highest BCUT2D eigenvalue weighted by atomic mass is 35.5. The molecule has 0 radical (unpaired) electrons. The van der Waals surface area contributed by atoms with Crippen molar-refractivity contribution in [2.75, 3.05) is 38.8 Å². The summed E-state index contributed by atoms with van der Waals surface area (Å²) in [6, 6.07) is 1.25. The number of nitrogens with one attached hydrogen (secondary N) is 1. The number of halogens is 1. The van der Waals surface area contributed by atoms with Crippen molar-refractivity contribution in [1.29, 1.82) is 0 Å². The van der Waals surface area contributed by atoms with Gasteiger partial charge in [-0.3, -0.25) is 9.29 Å². The third-order valence-electron chi connectivity index (χ3n) is 5.53. The quantitative estimate of drug-likeness (QED) is 0.403. The third-order valence-corrected chi connectivity index (χ3v) is 7.42. The molecule has 1 aliphatic rings. The molecule has 3 aromatic heterocycles. The highest BCUT2D eigenvalue weighted by molar-refractivity contribution is 7.93. The summed E-state index contributed by atoms with van der Waals surface area (Å²) in [5, 5.41) is 7.63. The molecule has 0 unspecified atom stereocenters. The number of aromatic nitrogens is 6. The molecular formula is C21H26ClN7O6S. The zero-order chi connectivity index (χ0) is 25.9. The van der Waals surface area contributed by atoms with Gasteiger partial charge >= 0.3 is 0 Å². The number of sulfonamides is 1. The summed E-state index contributed by atoms with van der Waals surface area (Å²) in [5.41, 5.74) is 0.558. The second-order valence-corrected chi connectivity index (χ2v) is 10.3. The smallest absolute Gasteiger partial charge is 0.257 e. The molecule has 0 bridgehead atoms. The predicted molar refractivity (Wildman–Crippen MR) is 130 cm³/mol. The minimum absolute atomic E-state index is 0.00278. The fourth-order valence-corrected chi connectivity index (χ4v) is 5.04. The van der Waals surface area contributed by atoms with Crippen LogP contribution in [0.25, 0.3) is 11.4 Å². The van der Waals surface area contributed by atoms with E-state index in [1.54, 1.807) is 16.8 Å². The van der Waals surface area contributed by atoms with Gasteiger partial charge in [-0.2, -0.15) is 0 Å². The highest BCUT2D eigenvalue weighted by Gasteiger charge is 2.36. The largest absolute Gasteiger partial charge is 0.485 e. The number of rotatable bonds is 10. The Bertz CT molecular complexity index is 1300. The molecule has 13 nitrogen and oxygen atoms in total. The van der Waals surface area contributed by atoms with E-state index in [0.29, 0.717) is 34.6 Å². The number of nitrogens with zero attached hydrogens (tertiary/aromatic N) is 6. The van der Waals surface area contributed by atoms with Crippen molar-refractivity contribution >= 4 is 27.6 Å². The van der Waals surface area contributed by atoms with Crippen molar-refractivity contribution in [3.05, 3.63) is 35.5 Å². The Morgan fingerprint density at radius 3 is 2.67 bits per heavy atom. The van der Waals surface area contributed by atoms with E-state index in [2.05, 4.69) is 29.9 Å². The minimum Gasteiger partial charge on any atom is -0.485 e. The first-order valence-electron chi connectivity index (χ1n) is 11.0. The Hall–Kier alpha value is -3.07. The molecule has 0 aliphatic carbocycles. The van der Waals surface area contributed by atoms with Gasteiger partial charge in [-0.05, 0) is 19.9 Å². The van der Waals surface area contributed by atoms with Crippen molar-refractivity contribution in [1.82, 2.24) is 29.7 Å². The third kappa shape index (κ3) is 5.07. The van der Waals surface area contributed by atoms with Crippen LogP contribution in [0.15, 0.2) is 24.7 Å². The van der Waals surface area contributed by atoms with E-state index in [1.807, 2.05) is 6.92 Å². The van der Waals surface area contributed by atoms with Crippen molar-refractivity contribution in [2.24, 2.45) is 0 Å². The van der Waals surface area contributed by atoms with E-state index in [0.717, 1.165) is 0 Å². The number of pyridine rings is 1. The molecule has 0 saturated heterocycles. The average molecular weight is 540 g/mol. The fraction of sp³-hybridized carbons (Fsp3) is 0.476. The summed E-state index contributed by atoms with van der Waals surface area (Å²) in [4.78, 5) is 12.4. The van der Waals surface area contributed by atoms with Crippen LogP contribution in [0, 0.1) is 0 Å². The van der Waals surface area contributed by atoms with Crippen LogP contribution in [0.4, 0.5) is 5.95 Å². The summed E-state index contributed by atoms with van der Waals surface area (Å²) in [7, 11) is -1.14. The van der Waals surface area contributed by atoms with E-state index in [1.165, 1.54) is 33.5 Å². The van der Waals surface area contributed by atoms with Crippen molar-refractivity contribution in [3.8, 4) is 23.0 Å². The Kier molecular flexibility index (Phi) is 7.88. The first-order chi connectivity index (χ1) is 17.3. The van der Waals surface area contributed by atoms with Gasteiger partial charge in [-0.25, -0.2) is 23.4 Å². The van der Waals surface area contributed by atoms with Gasteiger partial charge in [-0.1, -0.05) is 11.6 Å². The molecule has 0 aromatic carbocycles. The zero-order valence-electron chi connectivity index (χ0n) is 20.1. The van der Waals surface area contributed by atoms with Gasteiger partial charge in [-0.15, -0.1) is 10.2 Å². The van der Waals surface area contributed by atoms with Gasteiger partial charge in [0.25, 0.3) is 5.88 Å². The van der Waals surface area contributed by atoms with Crippen LogP contribution >= 0.6 is 11.6 Å². The molecule has 0 fully saturated rings. The van der Waals surface area contributed by atoms with Crippen molar-refractivity contribution < 1.29 is 27.4 Å². The van der Waals surface area contributed by atoms with Crippen LogP contribution < -0.4 is 14.2 Å². The van der Waals surface area contributed by atoms with E-state index in [4.69, 9.17) is 30.5 Å². The fourth-order valence-electron chi connectivity index (χ4n) is 3.80. The standard InChI is InChI=1S/C21H26ClN7O6S/c1-5-34-20-17-15(6-7-23-20)19-26-27-21(29(19)14(10-32-3)11-35-17)28-36(30,31)12(2)16(33-4)18-24-8-13(22)9-25-18/h6-9,12,14,16H,5,10-11H2,1-4H3,(H,27,28)/t12-,14+,16-/m0/s1.